The Balaban J connectivity index is 1.42. The second-order valence-electron chi connectivity index (χ2n) is 13.9. The van der Waals surface area contributed by atoms with Crippen LogP contribution in [0.25, 0.3) is 76.0 Å². The maximum atomic E-state index is 5.53. The predicted molar refractivity (Wildman–Crippen MR) is 212 cm³/mol. The van der Waals surface area contributed by atoms with Gasteiger partial charge in [-0.05, 0) is 67.2 Å². The number of aromatic nitrogens is 4. The van der Waals surface area contributed by atoms with Crippen LogP contribution in [0.15, 0.2) is 121 Å². The zero-order valence-corrected chi connectivity index (χ0v) is 29.6. The van der Waals surface area contributed by atoms with E-state index in [2.05, 4.69) is 154 Å². The molecule has 1 aliphatic rings. The van der Waals surface area contributed by atoms with Crippen molar-refractivity contribution in [1.29, 1.82) is 0 Å². The maximum Gasteiger partial charge on any atom is 0.147 e. The topological polar surface area (TPSA) is 43.6 Å². The first kappa shape index (κ1) is 30.7. The highest BCUT2D eigenvalue weighted by Gasteiger charge is 2.26. The van der Waals surface area contributed by atoms with Gasteiger partial charge in [0.25, 0.3) is 0 Å². The lowest BCUT2D eigenvalue weighted by Crippen LogP contribution is -2.06. The molecule has 5 heteroatoms. The summed E-state index contributed by atoms with van der Waals surface area (Å²) in [5.41, 5.74) is 12.2. The molecule has 0 bridgehead atoms. The Labute approximate surface area is 296 Å². The molecule has 4 aromatic heterocycles. The SMILES string of the molecule is Cc1ccc2ccc3nc(-c4cccc5c4sc4nc(C(C)C(C)C)ccc45)n(-c4c(C5=CC=CCC5)cccc4-c4ccccc4)c3c2n1. The summed E-state index contributed by atoms with van der Waals surface area (Å²) in [4.78, 5) is 17.0. The molecule has 0 saturated carbocycles. The molecule has 244 valence electrons. The molecule has 50 heavy (non-hydrogen) atoms. The van der Waals surface area contributed by atoms with Crippen molar-refractivity contribution in [3.05, 3.63) is 138 Å². The van der Waals surface area contributed by atoms with Gasteiger partial charge in [0, 0.05) is 54.9 Å². The number of rotatable bonds is 6. The van der Waals surface area contributed by atoms with E-state index in [1.165, 1.54) is 37.7 Å². The normalized spacial score (nSPS) is 14.0. The van der Waals surface area contributed by atoms with Gasteiger partial charge in [-0.2, -0.15) is 0 Å². The Kier molecular flexibility index (Phi) is 7.47. The summed E-state index contributed by atoms with van der Waals surface area (Å²) in [5.74, 6) is 1.82. The third-order valence-corrected chi connectivity index (χ3v) is 11.6. The number of benzene rings is 4. The standard InChI is InChI=1S/C45H38N4S/c1-27(2)29(4)38-26-24-36-35-19-12-20-37(43(35)50-45(36)48-38)44-47-39-25-23-32-22-21-28(3)46-40(32)42(39)49(44)41-33(30-13-7-5-8-14-30)17-11-18-34(41)31-15-9-6-10-16-31/h5-9,11-15,17-27,29H,10,16H2,1-4H3. The predicted octanol–water partition coefficient (Wildman–Crippen LogP) is 12.5. The highest BCUT2D eigenvalue weighted by atomic mass is 32.1. The number of para-hydroxylation sites is 1. The van der Waals surface area contributed by atoms with E-state index in [0.29, 0.717) is 11.8 Å². The van der Waals surface area contributed by atoms with E-state index >= 15 is 0 Å². The second-order valence-corrected chi connectivity index (χ2v) is 14.9. The van der Waals surface area contributed by atoms with Crippen LogP contribution in [0, 0.1) is 12.8 Å². The van der Waals surface area contributed by atoms with Crippen molar-refractivity contribution in [2.75, 3.05) is 0 Å². The maximum absolute atomic E-state index is 5.53. The minimum Gasteiger partial charge on any atom is -0.289 e. The van der Waals surface area contributed by atoms with E-state index in [1.54, 1.807) is 11.3 Å². The van der Waals surface area contributed by atoms with E-state index < -0.39 is 0 Å². The van der Waals surface area contributed by atoms with Gasteiger partial charge >= 0.3 is 0 Å². The molecule has 0 N–H and O–H groups in total. The van der Waals surface area contributed by atoms with Crippen molar-refractivity contribution in [3.63, 3.8) is 0 Å². The lowest BCUT2D eigenvalue weighted by Gasteiger charge is -2.22. The van der Waals surface area contributed by atoms with Crippen molar-refractivity contribution in [3.8, 4) is 28.2 Å². The number of thiophene rings is 1. The first-order valence-electron chi connectivity index (χ1n) is 17.6. The van der Waals surface area contributed by atoms with Gasteiger partial charge in [-0.3, -0.25) is 9.55 Å². The minimum atomic E-state index is 0.384. The fourth-order valence-electron chi connectivity index (χ4n) is 7.43. The Morgan fingerprint density at radius 3 is 2.34 bits per heavy atom. The van der Waals surface area contributed by atoms with Gasteiger partial charge in [-0.15, -0.1) is 11.3 Å². The Hall–Kier alpha value is -5.39. The monoisotopic (exact) mass is 666 g/mol. The van der Waals surface area contributed by atoms with Crippen LogP contribution in [-0.2, 0) is 0 Å². The van der Waals surface area contributed by atoms with Crippen LogP contribution in [0.3, 0.4) is 0 Å². The van der Waals surface area contributed by atoms with Crippen LogP contribution >= 0.6 is 11.3 Å². The number of nitrogens with zero attached hydrogens (tertiary/aromatic N) is 4. The molecule has 1 unspecified atom stereocenters. The summed E-state index contributed by atoms with van der Waals surface area (Å²) >= 11 is 1.78. The van der Waals surface area contributed by atoms with Gasteiger partial charge in [0.1, 0.15) is 10.7 Å². The number of pyridine rings is 2. The molecule has 0 aliphatic heterocycles. The summed E-state index contributed by atoms with van der Waals surface area (Å²) in [6.07, 6.45) is 8.74. The molecular formula is C45H38N4S. The highest BCUT2D eigenvalue weighted by molar-refractivity contribution is 7.26. The van der Waals surface area contributed by atoms with Gasteiger partial charge in [0.15, 0.2) is 0 Å². The van der Waals surface area contributed by atoms with Gasteiger partial charge in [-0.1, -0.05) is 112 Å². The highest BCUT2D eigenvalue weighted by Crippen LogP contribution is 2.45. The van der Waals surface area contributed by atoms with Gasteiger partial charge in [0.05, 0.1) is 22.2 Å². The molecule has 4 nitrogen and oxygen atoms in total. The van der Waals surface area contributed by atoms with Crippen LogP contribution in [0.2, 0.25) is 0 Å². The van der Waals surface area contributed by atoms with Crippen molar-refractivity contribution in [1.82, 2.24) is 19.5 Å². The lowest BCUT2D eigenvalue weighted by molar-refractivity contribution is 0.525. The molecule has 4 aromatic carbocycles. The van der Waals surface area contributed by atoms with Crippen molar-refractivity contribution in [2.45, 2.75) is 46.5 Å². The van der Waals surface area contributed by atoms with Gasteiger partial charge in [0.2, 0.25) is 0 Å². The van der Waals surface area contributed by atoms with E-state index in [0.717, 1.165) is 68.1 Å². The van der Waals surface area contributed by atoms with Crippen molar-refractivity contribution < 1.29 is 0 Å². The zero-order valence-electron chi connectivity index (χ0n) is 28.8. The minimum absolute atomic E-state index is 0.384. The average molecular weight is 667 g/mol. The molecule has 4 heterocycles. The third-order valence-electron chi connectivity index (χ3n) is 10.4. The molecule has 8 aromatic rings. The van der Waals surface area contributed by atoms with E-state index in [-0.39, 0.29) is 0 Å². The fourth-order valence-corrected chi connectivity index (χ4v) is 8.61. The molecule has 1 atom stereocenters. The molecule has 1 aliphatic carbocycles. The van der Waals surface area contributed by atoms with Crippen LogP contribution < -0.4 is 0 Å². The Morgan fingerprint density at radius 1 is 0.720 bits per heavy atom. The number of aryl methyl sites for hydroxylation is 1. The summed E-state index contributed by atoms with van der Waals surface area (Å²) in [5, 5.41) is 3.51. The van der Waals surface area contributed by atoms with Crippen molar-refractivity contribution >= 4 is 59.1 Å². The lowest BCUT2D eigenvalue weighted by atomic mass is 9.91. The quantitative estimate of drug-likeness (QED) is 0.177. The number of fused-ring (bicyclic) bond motifs is 6. The van der Waals surface area contributed by atoms with Crippen LogP contribution in [-0.4, -0.2) is 19.5 Å². The molecule has 0 spiro atoms. The fraction of sp³-hybridized carbons (Fsp3) is 0.178. The van der Waals surface area contributed by atoms with Gasteiger partial charge in [-0.25, -0.2) is 9.97 Å². The zero-order chi connectivity index (χ0) is 33.9. The molecule has 0 amide bonds. The van der Waals surface area contributed by atoms with Crippen LogP contribution in [0.4, 0.5) is 0 Å². The first-order chi connectivity index (χ1) is 24.5. The average Bonchev–Trinajstić information content (AvgIpc) is 3.73. The Morgan fingerprint density at radius 2 is 1.52 bits per heavy atom. The largest absolute Gasteiger partial charge is 0.289 e. The molecule has 0 radical (unpaired) electrons. The Bertz CT molecular complexity index is 2660. The van der Waals surface area contributed by atoms with Crippen molar-refractivity contribution in [2.24, 2.45) is 5.92 Å². The van der Waals surface area contributed by atoms with E-state index in [4.69, 9.17) is 15.0 Å². The number of imidazole rings is 1. The third kappa shape index (κ3) is 4.99. The summed E-state index contributed by atoms with van der Waals surface area (Å²) in [6.45, 7) is 8.89. The summed E-state index contributed by atoms with van der Waals surface area (Å²) < 4.78 is 3.63. The number of hydrogen-bond donors (Lipinski definition) is 0. The smallest absolute Gasteiger partial charge is 0.147 e. The number of hydrogen-bond acceptors (Lipinski definition) is 4. The molecule has 9 rings (SSSR count). The van der Waals surface area contributed by atoms with Crippen LogP contribution in [0.1, 0.15) is 56.5 Å². The molecule has 0 fully saturated rings. The van der Waals surface area contributed by atoms with E-state index in [9.17, 15) is 0 Å². The van der Waals surface area contributed by atoms with E-state index in [1.807, 2.05) is 0 Å². The summed E-state index contributed by atoms with van der Waals surface area (Å²) in [6, 6.07) is 37.2. The number of allylic oxidation sites excluding steroid dienone is 4. The molecular weight excluding hydrogens is 629 g/mol. The molecule has 0 saturated heterocycles. The second kappa shape index (κ2) is 12.2. The van der Waals surface area contributed by atoms with Gasteiger partial charge < -0.3 is 0 Å². The van der Waals surface area contributed by atoms with Crippen LogP contribution in [0.5, 0.6) is 0 Å². The first-order valence-corrected chi connectivity index (χ1v) is 18.4. The summed E-state index contributed by atoms with van der Waals surface area (Å²) in [7, 11) is 0.